The first kappa shape index (κ1) is 9.93. The first-order chi connectivity index (χ1) is 7.01. The van der Waals surface area contributed by atoms with Crippen LogP contribution in [0.3, 0.4) is 0 Å². The smallest absolute Gasteiger partial charge is 0.0000629 e. The van der Waals surface area contributed by atoms with Crippen LogP contribution in [0.5, 0.6) is 0 Å². The van der Waals surface area contributed by atoms with E-state index >= 15 is 0 Å². The van der Waals surface area contributed by atoms with Gasteiger partial charge in [0.05, 0.1) is 0 Å². The van der Waals surface area contributed by atoms with Crippen molar-refractivity contribution in [2.24, 2.45) is 22.7 Å². The molecular formula is C15H24. The lowest BCUT2D eigenvalue weighted by molar-refractivity contribution is 0.125. The van der Waals surface area contributed by atoms with Crippen LogP contribution in [0.25, 0.3) is 0 Å². The van der Waals surface area contributed by atoms with E-state index in [4.69, 9.17) is 0 Å². The average molecular weight is 204 g/mol. The third kappa shape index (κ3) is 0.905. The molecule has 1 spiro atoms. The van der Waals surface area contributed by atoms with Crippen molar-refractivity contribution < 1.29 is 0 Å². The van der Waals surface area contributed by atoms with Gasteiger partial charge < -0.3 is 0 Å². The van der Waals surface area contributed by atoms with Crippen LogP contribution >= 0.6 is 0 Å². The molecule has 3 rings (SSSR count). The second-order valence-electron chi connectivity index (χ2n) is 6.78. The van der Waals surface area contributed by atoms with Gasteiger partial charge in [-0.1, -0.05) is 25.0 Å². The summed E-state index contributed by atoms with van der Waals surface area (Å²) in [5, 5.41) is 0. The molecule has 3 aliphatic carbocycles. The highest BCUT2D eigenvalue weighted by Gasteiger charge is 2.64. The van der Waals surface area contributed by atoms with E-state index in [9.17, 15) is 0 Å². The minimum Gasteiger partial charge on any atom is -0.0732 e. The molecule has 84 valence electrons. The molecular weight excluding hydrogens is 180 g/mol. The summed E-state index contributed by atoms with van der Waals surface area (Å²) >= 11 is 0. The summed E-state index contributed by atoms with van der Waals surface area (Å²) in [6, 6.07) is 0. The van der Waals surface area contributed by atoms with Gasteiger partial charge >= 0.3 is 0 Å². The SMILES string of the molecule is CC1=C(C)C23CC[C@H](C)[C@@H]2CC[C@@]3(C)C1. The quantitative estimate of drug-likeness (QED) is 0.507. The third-order valence-electron chi connectivity index (χ3n) is 6.36. The highest BCUT2D eigenvalue weighted by molar-refractivity contribution is 5.36. The molecule has 0 nitrogen and oxygen atoms in total. The summed E-state index contributed by atoms with van der Waals surface area (Å²) in [6.45, 7) is 9.89. The first-order valence-corrected chi connectivity index (χ1v) is 6.68. The lowest BCUT2D eigenvalue weighted by atomic mass is 9.63. The zero-order chi connectivity index (χ0) is 10.8. The second kappa shape index (κ2) is 2.70. The minimum absolute atomic E-state index is 0.635. The molecule has 15 heavy (non-hydrogen) atoms. The van der Waals surface area contributed by atoms with E-state index in [-0.39, 0.29) is 0 Å². The van der Waals surface area contributed by atoms with Crippen molar-refractivity contribution in [1.82, 2.24) is 0 Å². The van der Waals surface area contributed by atoms with Gasteiger partial charge in [0.15, 0.2) is 0 Å². The maximum atomic E-state index is 2.57. The largest absolute Gasteiger partial charge is 0.0732 e. The van der Waals surface area contributed by atoms with Gasteiger partial charge in [-0.15, -0.1) is 0 Å². The van der Waals surface area contributed by atoms with Crippen molar-refractivity contribution in [3.63, 3.8) is 0 Å². The van der Waals surface area contributed by atoms with E-state index in [1.807, 2.05) is 0 Å². The van der Waals surface area contributed by atoms with E-state index in [2.05, 4.69) is 27.7 Å². The van der Waals surface area contributed by atoms with Gasteiger partial charge in [0.2, 0.25) is 0 Å². The van der Waals surface area contributed by atoms with E-state index in [0.717, 1.165) is 11.8 Å². The minimum atomic E-state index is 0.635. The Morgan fingerprint density at radius 2 is 1.87 bits per heavy atom. The molecule has 2 fully saturated rings. The normalized spacial score (nSPS) is 53.6. The van der Waals surface area contributed by atoms with Crippen LogP contribution in [0.15, 0.2) is 11.1 Å². The van der Waals surface area contributed by atoms with Gasteiger partial charge in [-0.05, 0) is 68.6 Å². The molecule has 0 saturated heterocycles. The fraction of sp³-hybridized carbons (Fsp3) is 0.867. The number of hydrogen-bond donors (Lipinski definition) is 0. The Hall–Kier alpha value is -0.260. The Morgan fingerprint density at radius 3 is 2.60 bits per heavy atom. The van der Waals surface area contributed by atoms with Gasteiger partial charge in [-0.3, -0.25) is 0 Å². The lowest BCUT2D eigenvalue weighted by Crippen LogP contribution is -2.34. The fourth-order valence-corrected chi connectivity index (χ4v) is 5.57. The second-order valence-corrected chi connectivity index (χ2v) is 6.78. The summed E-state index contributed by atoms with van der Waals surface area (Å²) in [5.74, 6) is 1.99. The maximum Gasteiger partial charge on any atom is -0.0000629 e. The van der Waals surface area contributed by atoms with E-state index in [0.29, 0.717) is 10.8 Å². The lowest BCUT2D eigenvalue weighted by Gasteiger charge is -2.41. The Kier molecular flexibility index (Phi) is 1.79. The maximum absolute atomic E-state index is 2.57. The summed E-state index contributed by atoms with van der Waals surface area (Å²) < 4.78 is 0. The van der Waals surface area contributed by atoms with Gasteiger partial charge in [-0.2, -0.15) is 0 Å². The molecule has 0 N–H and O–H groups in total. The van der Waals surface area contributed by atoms with Gasteiger partial charge in [0, 0.05) is 0 Å². The Balaban J connectivity index is 2.14. The fourth-order valence-electron chi connectivity index (χ4n) is 5.57. The van der Waals surface area contributed by atoms with Crippen LogP contribution in [0.1, 0.15) is 59.8 Å². The molecule has 0 aromatic rings. The zero-order valence-corrected chi connectivity index (χ0v) is 10.7. The van der Waals surface area contributed by atoms with Crippen LogP contribution < -0.4 is 0 Å². The third-order valence-corrected chi connectivity index (χ3v) is 6.36. The zero-order valence-electron chi connectivity index (χ0n) is 10.7. The molecule has 0 heteroatoms. The predicted molar refractivity (Wildman–Crippen MR) is 64.7 cm³/mol. The Labute approximate surface area is 94.1 Å². The monoisotopic (exact) mass is 204 g/mol. The molecule has 0 bridgehead atoms. The van der Waals surface area contributed by atoms with Crippen molar-refractivity contribution in [1.29, 1.82) is 0 Å². The molecule has 0 aromatic heterocycles. The highest BCUT2D eigenvalue weighted by Crippen LogP contribution is 2.73. The standard InChI is InChI=1S/C15H24/c1-10-5-8-15-12(3)11(2)9-14(15,4)7-6-13(10)15/h10,13H,5-9H2,1-4H3/t10-,13-,14-,15?/m0/s1. The first-order valence-electron chi connectivity index (χ1n) is 6.68. The van der Waals surface area contributed by atoms with Crippen molar-refractivity contribution in [3.8, 4) is 0 Å². The summed E-state index contributed by atoms with van der Waals surface area (Å²) in [5.41, 5.74) is 4.78. The van der Waals surface area contributed by atoms with Crippen molar-refractivity contribution in [2.75, 3.05) is 0 Å². The van der Waals surface area contributed by atoms with Crippen molar-refractivity contribution in [3.05, 3.63) is 11.1 Å². The summed E-state index contributed by atoms with van der Waals surface area (Å²) in [7, 11) is 0. The van der Waals surface area contributed by atoms with Gasteiger partial charge in [0.1, 0.15) is 0 Å². The van der Waals surface area contributed by atoms with E-state index < -0.39 is 0 Å². The summed E-state index contributed by atoms with van der Waals surface area (Å²) in [6.07, 6.45) is 7.34. The number of rotatable bonds is 0. The molecule has 0 heterocycles. The molecule has 2 saturated carbocycles. The molecule has 1 unspecified atom stereocenters. The van der Waals surface area contributed by atoms with Crippen LogP contribution in [-0.2, 0) is 0 Å². The van der Waals surface area contributed by atoms with Gasteiger partial charge in [0.25, 0.3) is 0 Å². The molecule has 0 aromatic carbocycles. The van der Waals surface area contributed by atoms with Gasteiger partial charge in [-0.25, -0.2) is 0 Å². The van der Waals surface area contributed by atoms with Crippen molar-refractivity contribution >= 4 is 0 Å². The Bertz CT molecular complexity index is 338. The highest BCUT2D eigenvalue weighted by atomic mass is 14.7. The molecule has 4 atom stereocenters. The molecule has 0 aliphatic heterocycles. The average Bonchev–Trinajstić information content (AvgIpc) is 2.70. The topological polar surface area (TPSA) is 0 Å². The molecule has 0 amide bonds. The number of allylic oxidation sites excluding steroid dienone is 2. The Morgan fingerprint density at radius 1 is 1.13 bits per heavy atom. The molecule has 0 radical (unpaired) electrons. The number of hydrogen-bond acceptors (Lipinski definition) is 0. The van der Waals surface area contributed by atoms with Crippen molar-refractivity contribution in [2.45, 2.75) is 59.8 Å². The van der Waals surface area contributed by atoms with Crippen LogP contribution in [0.2, 0.25) is 0 Å². The van der Waals surface area contributed by atoms with Crippen LogP contribution in [0, 0.1) is 22.7 Å². The molecule has 3 aliphatic rings. The van der Waals surface area contributed by atoms with E-state index in [1.165, 1.54) is 32.1 Å². The predicted octanol–water partition coefficient (Wildman–Crippen LogP) is 4.56. The van der Waals surface area contributed by atoms with Crippen LogP contribution in [-0.4, -0.2) is 0 Å². The van der Waals surface area contributed by atoms with E-state index in [1.54, 1.807) is 11.1 Å². The summed E-state index contributed by atoms with van der Waals surface area (Å²) in [4.78, 5) is 0. The van der Waals surface area contributed by atoms with Crippen LogP contribution in [0.4, 0.5) is 0 Å².